The number of benzene rings is 6. The molecule has 6 aromatic carbocycles. The molecule has 0 fully saturated rings. The highest BCUT2D eigenvalue weighted by molar-refractivity contribution is 7.27. The number of anilines is 3. The number of hydrogen-bond acceptors (Lipinski definition) is 3. The summed E-state index contributed by atoms with van der Waals surface area (Å²) in [6.45, 7) is 14.6. The van der Waals surface area contributed by atoms with E-state index in [0.29, 0.717) is 0 Å². The van der Waals surface area contributed by atoms with E-state index in [1.807, 2.05) is 22.7 Å². The van der Waals surface area contributed by atoms with Gasteiger partial charge in [0, 0.05) is 53.4 Å². The number of unbranched alkanes of at least 4 members (excludes halogenated alkanes) is 2. The van der Waals surface area contributed by atoms with Gasteiger partial charge in [-0.25, -0.2) is 0 Å². The fourth-order valence-electron chi connectivity index (χ4n) is 11.1. The zero-order valence-corrected chi connectivity index (χ0v) is 35.5. The maximum absolute atomic E-state index is 2.78. The van der Waals surface area contributed by atoms with Crippen LogP contribution in [-0.2, 0) is 17.3 Å². The first kappa shape index (κ1) is 34.2. The normalized spacial score (nSPS) is 16.2. The predicted molar refractivity (Wildman–Crippen MR) is 252 cm³/mol. The zero-order valence-electron chi connectivity index (χ0n) is 33.8. The van der Waals surface area contributed by atoms with Gasteiger partial charge in [0.05, 0.1) is 20.6 Å². The molecule has 0 spiro atoms. The van der Waals surface area contributed by atoms with Crippen LogP contribution in [0.4, 0.5) is 17.1 Å². The van der Waals surface area contributed by atoms with E-state index in [4.69, 9.17) is 0 Å². The molecule has 5 heteroatoms. The van der Waals surface area contributed by atoms with E-state index < -0.39 is 0 Å². The third-order valence-electron chi connectivity index (χ3n) is 14.2. The Hall–Kier alpha value is -4.84. The highest BCUT2D eigenvalue weighted by Gasteiger charge is 2.45. The van der Waals surface area contributed by atoms with Gasteiger partial charge in [0.15, 0.2) is 0 Å². The van der Waals surface area contributed by atoms with Crippen molar-refractivity contribution in [3.05, 3.63) is 125 Å². The van der Waals surface area contributed by atoms with Gasteiger partial charge < -0.3 is 9.38 Å². The van der Waals surface area contributed by atoms with Crippen molar-refractivity contribution in [3.63, 3.8) is 0 Å². The standard InChI is InChI=1S/C52H47BN2S2/c1-7-8-9-15-31-27-37-33-18-14-19-36-46(33)55(47-35-17-11-13-21-44(35)57-50(36)47)53-40-23-22-34-32-16-10-12-20-43(32)56-49(34)48(40)54(42(28-31)45(37)53)41-29-39-38(26-30(41)2)51(3,4)24-25-52(39,5)6/h10-14,16-23,26-29H,7-9,15,24-25H2,1-6H3. The van der Waals surface area contributed by atoms with Crippen LogP contribution in [0.25, 0.3) is 62.5 Å². The van der Waals surface area contributed by atoms with Crippen LogP contribution in [0.1, 0.15) is 89.0 Å². The van der Waals surface area contributed by atoms with Crippen LogP contribution >= 0.6 is 22.7 Å². The minimum Gasteiger partial charge on any atom is -0.374 e. The summed E-state index contributed by atoms with van der Waals surface area (Å²) in [7, 11) is 0. The van der Waals surface area contributed by atoms with Crippen molar-refractivity contribution in [2.24, 2.45) is 0 Å². The average molecular weight is 775 g/mol. The highest BCUT2D eigenvalue weighted by atomic mass is 32.1. The van der Waals surface area contributed by atoms with E-state index >= 15 is 0 Å². The molecule has 0 saturated carbocycles. The van der Waals surface area contributed by atoms with Crippen molar-refractivity contribution >= 4 is 109 Å². The van der Waals surface area contributed by atoms with Gasteiger partial charge in [-0.3, -0.25) is 0 Å². The Labute approximate surface area is 343 Å². The summed E-state index contributed by atoms with van der Waals surface area (Å²) in [4.78, 5) is 2.76. The molecule has 0 saturated heterocycles. The Balaban J connectivity index is 1.26. The number of thiophene rings is 2. The van der Waals surface area contributed by atoms with Crippen molar-refractivity contribution < 1.29 is 0 Å². The minimum absolute atomic E-state index is 0.0433. The lowest BCUT2D eigenvalue weighted by Crippen LogP contribution is -2.56. The molecule has 0 radical (unpaired) electrons. The fourth-order valence-corrected chi connectivity index (χ4v) is 13.6. The van der Waals surface area contributed by atoms with Crippen molar-refractivity contribution in [2.45, 2.75) is 90.9 Å². The van der Waals surface area contributed by atoms with Crippen LogP contribution in [0.3, 0.4) is 0 Å². The summed E-state index contributed by atoms with van der Waals surface area (Å²) in [5, 5.41) is 5.46. The molecule has 3 aliphatic rings. The molecule has 3 aromatic heterocycles. The van der Waals surface area contributed by atoms with Gasteiger partial charge in [-0.05, 0) is 106 Å². The number of nitrogens with zero attached hydrogens (tertiary/aromatic N) is 2. The summed E-state index contributed by atoms with van der Waals surface area (Å²) in [6, 6.07) is 40.6. The number of hydrogen-bond donors (Lipinski definition) is 0. The number of rotatable bonds is 5. The molecule has 12 rings (SSSR count). The molecular formula is C52H47BN2S2. The molecule has 5 heterocycles. The van der Waals surface area contributed by atoms with Crippen LogP contribution < -0.4 is 15.8 Å². The van der Waals surface area contributed by atoms with Gasteiger partial charge in [-0.15, -0.1) is 22.7 Å². The molecule has 0 unspecified atom stereocenters. The third-order valence-corrected chi connectivity index (χ3v) is 16.5. The molecule has 0 amide bonds. The van der Waals surface area contributed by atoms with E-state index in [9.17, 15) is 0 Å². The Morgan fingerprint density at radius 1 is 0.632 bits per heavy atom. The summed E-state index contributed by atoms with van der Waals surface area (Å²) in [5.74, 6) is 0. The molecule has 2 nitrogen and oxygen atoms in total. The second-order valence-electron chi connectivity index (χ2n) is 18.5. The molecule has 2 aliphatic heterocycles. The summed E-state index contributed by atoms with van der Waals surface area (Å²) >= 11 is 3.94. The quantitative estimate of drug-likeness (QED) is 0.125. The Morgan fingerprint density at radius 2 is 1.33 bits per heavy atom. The fraction of sp³-hybridized carbons (Fsp3) is 0.269. The second kappa shape index (κ2) is 11.9. The van der Waals surface area contributed by atoms with Gasteiger partial charge in [0.25, 0.3) is 0 Å². The minimum atomic E-state index is 0.0433. The maximum atomic E-state index is 2.78. The van der Waals surface area contributed by atoms with Crippen molar-refractivity contribution in [2.75, 3.05) is 4.90 Å². The van der Waals surface area contributed by atoms with Gasteiger partial charge in [0.2, 0.25) is 0 Å². The number of aromatic nitrogens is 1. The lowest BCUT2D eigenvalue weighted by molar-refractivity contribution is 0.332. The van der Waals surface area contributed by atoms with Gasteiger partial charge in [-0.1, -0.05) is 126 Å². The maximum Gasteiger partial charge on any atom is 0.333 e. The Morgan fingerprint density at radius 3 is 2.12 bits per heavy atom. The highest BCUT2D eigenvalue weighted by Crippen LogP contribution is 2.54. The van der Waals surface area contributed by atoms with Gasteiger partial charge in [0.1, 0.15) is 0 Å². The topological polar surface area (TPSA) is 8.17 Å². The first-order chi connectivity index (χ1) is 27.6. The number of fused-ring (bicyclic) bond motifs is 14. The van der Waals surface area contributed by atoms with Gasteiger partial charge in [-0.2, -0.15) is 0 Å². The second-order valence-corrected chi connectivity index (χ2v) is 20.7. The smallest absolute Gasteiger partial charge is 0.333 e. The largest absolute Gasteiger partial charge is 0.374 e. The molecule has 0 N–H and O–H groups in total. The molecule has 1 aliphatic carbocycles. The summed E-state index contributed by atoms with van der Waals surface area (Å²) in [6.07, 6.45) is 7.18. The summed E-state index contributed by atoms with van der Waals surface area (Å²) < 4.78 is 8.30. The van der Waals surface area contributed by atoms with Crippen molar-refractivity contribution in [1.29, 1.82) is 0 Å². The number of aryl methyl sites for hydroxylation is 2. The van der Waals surface area contributed by atoms with Crippen LogP contribution in [0, 0.1) is 6.92 Å². The van der Waals surface area contributed by atoms with E-state index in [-0.39, 0.29) is 17.7 Å². The molecule has 0 bridgehead atoms. The van der Waals surface area contributed by atoms with Crippen molar-refractivity contribution in [1.82, 2.24) is 4.48 Å². The first-order valence-corrected chi connectivity index (χ1v) is 22.8. The summed E-state index contributed by atoms with van der Waals surface area (Å²) in [5.41, 5.74) is 18.6. The van der Waals surface area contributed by atoms with Gasteiger partial charge >= 0.3 is 6.85 Å². The molecule has 57 heavy (non-hydrogen) atoms. The molecule has 0 atom stereocenters. The van der Waals surface area contributed by atoms with Crippen molar-refractivity contribution in [3.8, 4) is 11.1 Å². The lowest BCUT2D eigenvalue weighted by Gasteiger charge is -2.45. The van der Waals surface area contributed by atoms with Crippen LogP contribution in [0.2, 0.25) is 0 Å². The molecule has 9 aromatic rings. The molecular weight excluding hydrogens is 728 g/mol. The molecule has 280 valence electrons. The van der Waals surface area contributed by atoms with E-state index in [1.165, 1.54) is 145 Å². The SMILES string of the molecule is CCCCCc1cc2c3c(c1)N(c1cc4c(cc1C)C(C)(C)CCC4(C)C)c1c(ccc4c1sc1ccccc14)B3n1c3c-2cccc3c2sc3ccccc3c21. The Kier molecular flexibility index (Phi) is 7.13. The van der Waals surface area contributed by atoms with Crippen LogP contribution in [-0.4, -0.2) is 11.3 Å². The van der Waals surface area contributed by atoms with E-state index in [1.54, 1.807) is 0 Å². The van der Waals surface area contributed by atoms with Crippen LogP contribution in [0.15, 0.2) is 103 Å². The third kappa shape index (κ3) is 4.59. The van der Waals surface area contributed by atoms with E-state index in [2.05, 4.69) is 154 Å². The zero-order chi connectivity index (χ0) is 38.5. The van der Waals surface area contributed by atoms with Crippen LogP contribution in [0.5, 0.6) is 0 Å². The average Bonchev–Trinajstić information content (AvgIpc) is 3.88. The number of para-hydroxylation sites is 1. The monoisotopic (exact) mass is 774 g/mol. The first-order valence-electron chi connectivity index (χ1n) is 21.2. The predicted octanol–water partition coefficient (Wildman–Crippen LogP) is 14.2. The lowest BCUT2D eigenvalue weighted by atomic mass is 9.45. The van der Waals surface area contributed by atoms with E-state index in [0.717, 1.165) is 6.42 Å². The Bertz CT molecular complexity index is 3190.